The van der Waals surface area contributed by atoms with Crippen LogP contribution in [0.15, 0.2) is 17.1 Å². The number of hydrogen-bond acceptors (Lipinski definition) is 4. The maximum Gasteiger partial charge on any atom is 0.257 e. The van der Waals surface area contributed by atoms with Gasteiger partial charge in [-0.3, -0.25) is 9.59 Å². The van der Waals surface area contributed by atoms with Gasteiger partial charge in [0, 0.05) is 18.0 Å². The molecule has 0 saturated carbocycles. The van der Waals surface area contributed by atoms with Crippen LogP contribution in [0.25, 0.3) is 0 Å². The molecular weight excluding hydrogens is 236 g/mol. The van der Waals surface area contributed by atoms with Crippen molar-refractivity contribution in [3.05, 3.63) is 33.7 Å². The number of pyridine rings is 1. The number of amides is 1. The molecule has 0 saturated heterocycles. The van der Waals surface area contributed by atoms with Crippen molar-refractivity contribution >= 4 is 5.91 Å². The summed E-state index contributed by atoms with van der Waals surface area (Å²) in [6.45, 7) is 2.65. The van der Waals surface area contributed by atoms with Crippen LogP contribution < -0.4 is 10.7 Å². The third kappa shape index (κ3) is 2.96. The molecule has 6 nitrogen and oxygen atoms in total. The highest BCUT2D eigenvalue weighted by molar-refractivity contribution is 5.94. The van der Waals surface area contributed by atoms with Crippen molar-refractivity contribution < 1.29 is 15.0 Å². The maximum atomic E-state index is 11.9. The minimum absolute atomic E-state index is 0.0414. The van der Waals surface area contributed by atoms with Crippen molar-refractivity contribution in [2.24, 2.45) is 0 Å². The minimum atomic E-state index is -1.10. The summed E-state index contributed by atoms with van der Waals surface area (Å²) in [5, 5.41) is 20.9. The molecule has 0 aliphatic rings. The molecule has 100 valence electrons. The summed E-state index contributed by atoms with van der Waals surface area (Å²) in [6, 6.07) is 1.32. The molecule has 18 heavy (non-hydrogen) atoms. The zero-order valence-electron chi connectivity index (χ0n) is 10.5. The molecule has 0 atom stereocenters. The minimum Gasteiger partial charge on any atom is -0.394 e. The topological polar surface area (TPSA) is 102 Å². The summed E-state index contributed by atoms with van der Waals surface area (Å²) < 4.78 is 0. The molecule has 1 amide bonds. The van der Waals surface area contributed by atoms with Gasteiger partial charge in [-0.15, -0.1) is 0 Å². The molecule has 0 radical (unpaired) electrons. The van der Waals surface area contributed by atoms with E-state index in [9.17, 15) is 19.8 Å². The highest BCUT2D eigenvalue weighted by Crippen LogP contribution is 2.09. The number of aromatic amines is 1. The molecular formula is C12H18N2O4. The van der Waals surface area contributed by atoms with Gasteiger partial charge >= 0.3 is 0 Å². The second-order valence-electron chi connectivity index (χ2n) is 4.30. The van der Waals surface area contributed by atoms with E-state index in [-0.39, 0.29) is 5.56 Å². The lowest BCUT2D eigenvalue weighted by Gasteiger charge is -2.29. The van der Waals surface area contributed by atoms with Crippen LogP contribution in [-0.2, 0) is 0 Å². The lowest BCUT2D eigenvalue weighted by Crippen LogP contribution is -2.54. The molecule has 1 aromatic heterocycles. The number of aliphatic hydroxyl groups is 2. The Morgan fingerprint density at radius 3 is 2.50 bits per heavy atom. The van der Waals surface area contributed by atoms with Gasteiger partial charge in [-0.1, -0.05) is 6.92 Å². The van der Waals surface area contributed by atoms with E-state index < -0.39 is 30.1 Å². The Labute approximate surface area is 105 Å². The number of nitrogens with one attached hydrogen (secondary N) is 2. The SMILES string of the molecule is CCC(CO)(CO)NC(=O)c1c[nH]c(C)cc1=O. The summed E-state index contributed by atoms with van der Waals surface area (Å²) in [5.74, 6) is -0.610. The molecule has 0 aliphatic heterocycles. The second-order valence-corrected chi connectivity index (χ2v) is 4.30. The fraction of sp³-hybridized carbons (Fsp3) is 0.500. The van der Waals surface area contributed by atoms with E-state index in [1.165, 1.54) is 12.3 Å². The fourth-order valence-electron chi connectivity index (χ4n) is 1.50. The van der Waals surface area contributed by atoms with Gasteiger partial charge < -0.3 is 20.5 Å². The van der Waals surface area contributed by atoms with Crippen LogP contribution >= 0.6 is 0 Å². The number of carbonyl (C=O) groups excluding carboxylic acids is 1. The Kier molecular flexibility index (Phi) is 4.63. The molecule has 0 aliphatic carbocycles. The normalized spacial score (nSPS) is 11.3. The molecule has 4 N–H and O–H groups in total. The Morgan fingerprint density at radius 1 is 1.44 bits per heavy atom. The predicted octanol–water partition coefficient (Wildman–Crippen LogP) is -0.453. The van der Waals surface area contributed by atoms with Crippen molar-refractivity contribution in [1.29, 1.82) is 0 Å². The van der Waals surface area contributed by atoms with Gasteiger partial charge in [0.2, 0.25) is 0 Å². The van der Waals surface area contributed by atoms with E-state index in [0.717, 1.165) is 0 Å². The molecule has 0 spiro atoms. The van der Waals surface area contributed by atoms with Crippen LogP contribution in [0, 0.1) is 6.92 Å². The molecule has 6 heteroatoms. The molecule has 1 heterocycles. The molecule has 0 unspecified atom stereocenters. The van der Waals surface area contributed by atoms with Crippen molar-refractivity contribution in [1.82, 2.24) is 10.3 Å². The van der Waals surface area contributed by atoms with Crippen molar-refractivity contribution in [2.45, 2.75) is 25.8 Å². The number of aromatic nitrogens is 1. The second kappa shape index (κ2) is 5.79. The van der Waals surface area contributed by atoms with Gasteiger partial charge in [0.25, 0.3) is 5.91 Å². The summed E-state index contributed by atoms with van der Waals surface area (Å²) in [4.78, 5) is 26.3. The Balaban J connectivity index is 2.98. The number of H-pyrrole nitrogens is 1. The molecule has 1 rings (SSSR count). The van der Waals surface area contributed by atoms with E-state index >= 15 is 0 Å². The van der Waals surface area contributed by atoms with Crippen molar-refractivity contribution in [3.8, 4) is 0 Å². The van der Waals surface area contributed by atoms with Gasteiger partial charge in [-0.2, -0.15) is 0 Å². The summed E-state index contributed by atoms with van der Waals surface area (Å²) in [5.41, 5.74) is -0.887. The Bertz CT molecular complexity index is 469. The van der Waals surface area contributed by atoms with E-state index in [1.807, 2.05) is 0 Å². The first-order valence-electron chi connectivity index (χ1n) is 5.71. The van der Waals surface area contributed by atoms with E-state index in [1.54, 1.807) is 13.8 Å². The number of carbonyl (C=O) groups is 1. The summed E-state index contributed by atoms with van der Waals surface area (Å²) in [7, 11) is 0. The van der Waals surface area contributed by atoms with E-state index in [2.05, 4.69) is 10.3 Å². The Hall–Kier alpha value is -1.66. The first-order chi connectivity index (χ1) is 8.48. The summed E-state index contributed by atoms with van der Waals surface area (Å²) in [6.07, 6.45) is 1.68. The van der Waals surface area contributed by atoms with Crippen LogP contribution in [-0.4, -0.2) is 39.9 Å². The van der Waals surface area contributed by atoms with Gasteiger partial charge in [-0.25, -0.2) is 0 Å². The van der Waals surface area contributed by atoms with E-state index in [0.29, 0.717) is 12.1 Å². The zero-order chi connectivity index (χ0) is 13.8. The monoisotopic (exact) mass is 254 g/mol. The van der Waals surface area contributed by atoms with Gasteiger partial charge in [0.05, 0.1) is 18.8 Å². The molecule has 0 bridgehead atoms. The number of aryl methyl sites for hydroxylation is 1. The maximum absolute atomic E-state index is 11.9. The van der Waals surface area contributed by atoms with E-state index in [4.69, 9.17) is 0 Å². The van der Waals surface area contributed by atoms with Crippen molar-refractivity contribution in [3.63, 3.8) is 0 Å². The largest absolute Gasteiger partial charge is 0.394 e. The first kappa shape index (κ1) is 14.4. The van der Waals surface area contributed by atoms with Gasteiger partial charge in [-0.05, 0) is 13.3 Å². The van der Waals surface area contributed by atoms with Crippen LogP contribution in [0.3, 0.4) is 0 Å². The molecule has 1 aromatic rings. The number of rotatable bonds is 5. The fourth-order valence-corrected chi connectivity index (χ4v) is 1.50. The average molecular weight is 254 g/mol. The van der Waals surface area contributed by atoms with Gasteiger partial charge in [0.15, 0.2) is 5.43 Å². The first-order valence-corrected chi connectivity index (χ1v) is 5.71. The van der Waals surface area contributed by atoms with Crippen LogP contribution in [0.5, 0.6) is 0 Å². The lowest BCUT2D eigenvalue weighted by atomic mass is 9.98. The third-order valence-corrected chi connectivity index (χ3v) is 2.96. The zero-order valence-corrected chi connectivity index (χ0v) is 10.5. The van der Waals surface area contributed by atoms with Crippen LogP contribution in [0.4, 0.5) is 0 Å². The van der Waals surface area contributed by atoms with Crippen LogP contribution in [0.2, 0.25) is 0 Å². The van der Waals surface area contributed by atoms with Gasteiger partial charge in [0.1, 0.15) is 5.56 Å². The smallest absolute Gasteiger partial charge is 0.257 e. The third-order valence-electron chi connectivity index (χ3n) is 2.96. The lowest BCUT2D eigenvalue weighted by molar-refractivity contribution is 0.0652. The van der Waals surface area contributed by atoms with Crippen LogP contribution in [0.1, 0.15) is 29.4 Å². The number of aliphatic hydroxyl groups excluding tert-OH is 2. The molecule has 0 fully saturated rings. The quantitative estimate of drug-likeness (QED) is 0.571. The predicted molar refractivity (Wildman–Crippen MR) is 66.5 cm³/mol. The van der Waals surface area contributed by atoms with Crippen molar-refractivity contribution in [2.75, 3.05) is 13.2 Å². The average Bonchev–Trinajstić information content (AvgIpc) is 2.36. The Morgan fingerprint density at radius 2 is 2.06 bits per heavy atom. The highest BCUT2D eigenvalue weighted by Gasteiger charge is 2.29. The standard InChI is InChI=1S/C12H18N2O4/c1-3-12(6-15,7-16)14-11(18)9-5-13-8(2)4-10(9)17/h4-5,15-16H,3,6-7H2,1-2H3,(H,13,17)(H,14,18). The summed E-state index contributed by atoms with van der Waals surface area (Å²) >= 11 is 0. The molecule has 0 aromatic carbocycles. The highest BCUT2D eigenvalue weighted by atomic mass is 16.3. The number of hydrogen-bond donors (Lipinski definition) is 4.